The summed E-state index contributed by atoms with van der Waals surface area (Å²) in [4.78, 5) is 18.6. The number of pyridine rings is 1. The van der Waals surface area contributed by atoms with Crippen molar-refractivity contribution < 1.29 is 19.0 Å². The summed E-state index contributed by atoms with van der Waals surface area (Å²) in [6.07, 6.45) is 0. The second-order valence-corrected chi connectivity index (χ2v) is 9.37. The van der Waals surface area contributed by atoms with Crippen LogP contribution in [-0.4, -0.2) is 38.0 Å². The third kappa shape index (κ3) is 5.62. The number of benzene rings is 2. The molecule has 1 amide bonds. The summed E-state index contributed by atoms with van der Waals surface area (Å²) in [5.41, 5.74) is 3.31. The van der Waals surface area contributed by atoms with Crippen molar-refractivity contribution in [1.29, 1.82) is 5.26 Å². The summed E-state index contributed by atoms with van der Waals surface area (Å²) in [7, 11) is 4.70. The topological polar surface area (TPSA) is 93.5 Å². The van der Waals surface area contributed by atoms with Gasteiger partial charge in [-0.3, -0.25) is 4.79 Å². The smallest absolute Gasteiger partial charge is 0.234 e. The highest BCUT2D eigenvalue weighted by molar-refractivity contribution is 8.00. The van der Waals surface area contributed by atoms with Gasteiger partial charge in [0.1, 0.15) is 28.3 Å². The number of ether oxygens (including phenoxy) is 3. The minimum absolute atomic E-state index is 0.0536. The molecule has 0 unspecified atom stereocenters. The second kappa shape index (κ2) is 11.6. The molecule has 0 aliphatic heterocycles. The number of anilines is 1. The summed E-state index contributed by atoms with van der Waals surface area (Å²) in [6, 6.07) is 20.8. The van der Waals surface area contributed by atoms with Crippen molar-refractivity contribution in [2.45, 2.75) is 5.03 Å². The average molecular weight is 518 g/mol. The number of methoxy groups -OCH3 is 3. The van der Waals surface area contributed by atoms with Crippen LogP contribution in [0.2, 0.25) is 0 Å². The number of thiophene rings is 1. The summed E-state index contributed by atoms with van der Waals surface area (Å²) in [5, 5.41) is 15.3. The molecule has 4 aromatic rings. The number of thioether (sulfide) groups is 1. The molecule has 0 saturated heterocycles. The van der Waals surface area contributed by atoms with Gasteiger partial charge in [0.2, 0.25) is 5.91 Å². The van der Waals surface area contributed by atoms with Crippen molar-refractivity contribution >= 4 is 34.7 Å². The van der Waals surface area contributed by atoms with E-state index < -0.39 is 0 Å². The fourth-order valence-corrected chi connectivity index (χ4v) is 5.05. The van der Waals surface area contributed by atoms with Gasteiger partial charge in [-0.25, -0.2) is 4.98 Å². The van der Waals surface area contributed by atoms with Crippen LogP contribution in [0.4, 0.5) is 5.69 Å². The average Bonchev–Trinajstić information content (AvgIpc) is 3.46. The number of nitrogens with one attached hydrogen (secondary N) is 1. The number of aromatic nitrogens is 1. The molecule has 1 N–H and O–H groups in total. The highest BCUT2D eigenvalue weighted by atomic mass is 32.2. The summed E-state index contributed by atoms with van der Waals surface area (Å²) >= 11 is 2.76. The molecule has 36 heavy (non-hydrogen) atoms. The van der Waals surface area contributed by atoms with Gasteiger partial charge in [0.15, 0.2) is 0 Å². The number of carbonyl (C=O) groups excluding carboxylic acids is 1. The fourth-order valence-electron chi connectivity index (χ4n) is 3.50. The van der Waals surface area contributed by atoms with E-state index in [9.17, 15) is 10.1 Å². The highest BCUT2D eigenvalue weighted by Gasteiger charge is 2.18. The first kappa shape index (κ1) is 25.1. The molecule has 9 heteroatoms. The van der Waals surface area contributed by atoms with Crippen molar-refractivity contribution in [3.05, 3.63) is 71.6 Å². The Kier molecular flexibility index (Phi) is 8.10. The van der Waals surface area contributed by atoms with Crippen molar-refractivity contribution in [2.24, 2.45) is 0 Å². The summed E-state index contributed by atoms with van der Waals surface area (Å²) in [5.74, 6) is 1.65. The summed E-state index contributed by atoms with van der Waals surface area (Å²) in [6.45, 7) is 0. The van der Waals surface area contributed by atoms with E-state index in [-0.39, 0.29) is 11.7 Å². The van der Waals surface area contributed by atoms with Gasteiger partial charge in [0.05, 0.1) is 44.0 Å². The summed E-state index contributed by atoms with van der Waals surface area (Å²) < 4.78 is 15.9. The number of rotatable bonds is 9. The molecule has 0 saturated carbocycles. The van der Waals surface area contributed by atoms with Crippen LogP contribution in [0.15, 0.2) is 71.1 Å². The fraction of sp³-hybridized carbons (Fsp3) is 0.148. The van der Waals surface area contributed by atoms with Crippen molar-refractivity contribution in [3.8, 4) is 45.0 Å². The molecule has 0 bridgehead atoms. The van der Waals surface area contributed by atoms with E-state index >= 15 is 0 Å². The van der Waals surface area contributed by atoms with Crippen LogP contribution in [0, 0.1) is 11.3 Å². The molecule has 0 aliphatic rings. The minimum atomic E-state index is -0.259. The van der Waals surface area contributed by atoms with Gasteiger partial charge in [-0.15, -0.1) is 11.3 Å². The number of amides is 1. The Morgan fingerprint density at radius 1 is 1.03 bits per heavy atom. The molecule has 0 fully saturated rings. The van der Waals surface area contributed by atoms with Crippen LogP contribution in [0.3, 0.4) is 0 Å². The normalized spacial score (nSPS) is 10.4. The van der Waals surface area contributed by atoms with Gasteiger partial charge in [-0.05, 0) is 53.9 Å². The Hall–Kier alpha value is -4.00. The number of hydrogen-bond acceptors (Lipinski definition) is 8. The zero-order chi connectivity index (χ0) is 25.5. The van der Waals surface area contributed by atoms with Gasteiger partial charge >= 0.3 is 0 Å². The maximum absolute atomic E-state index is 12.8. The molecule has 0 spiro atoms. The maximum Gasteiger partial charge on any atom is 0.234 e. The molecular weight excluding hydrogens is 494 g/mol. The van der Waals surface area contributed by atoms with Crippen LogP contribution in [0.5, 0.6) is 17.2 Å². The van der Waals surface area contributed by atoms with Crippen LogP contribution in [-0.2, 0) is 4.79 Å². The van der Waals surface area contributed by atoms with Gasteiger partial charge in [0.25, 0.3) is 0 Å². The van der Waals surface area contributed by atoms with E-state index in [4.69, 9.17) is 19.2 Å². The number of carbonyl (C=O) groups is 1. The Morgan fingerprint density at radius 3 is 2.42 bits per heavy atom. The minimum Gasteiger partial charge on any atom is -0.497 e. The first-order chi connectivity index (χ1) is 17.6. The van der Waals surface area contributed by atoms with E-state index in [2.05, 4.69) is 11.4 Å². The predicted octanol–water partition coefficient (Wildman–Crippen LogP) is 6.11. The number of nitriles is 1. The maximum atomic E-state index is 12.8. The molecule has 7 nitrogen and oxygen atoms in total. The van der Waals surface area contributed by atoms with Crippen molar-refractivity contribution in [3.63, 3.8) is 0 Å². The SMILES string of the molecule is COc1ccc(-c2cc(-c3cccs3)c(C#N)c(SCC(=O)Nc3cc(OC)ccc3OC)n2)cc1. The lowest BCUT2D eigenvalue weighted by Gasteiger charge is -2.13. The number of nitrogens with zero attached hydrogens (tertiary/aromatic N) is 2. The quantitative estimate of drug-likeness (QED) is 0.268. The Balaban J connectivity index is 1.64. The molecule has 0 atom stereocenters. The first-order valence-electron chi connectivity index (χ1n) is 10.8. The van der Waals surface area contributed by atoms with Crippen LogP contribution in [0.25, 0.3) is 21.7 Å². The van der Waals surface area contributed by atoms with Crippen molar-refractivity contribution in [2.75, 3.05) is 32.4 Å². The molecular formula is C27H23N3O4S2. The Bertz CT molecular complexity index is 1400. The van der Waals surface area contributed by atoms with E-state index in [1.54, 1.807) is 43.8 Å². The predicted molar refractivity (Wildman–Crippen MR) is 143 cm³/mol. The third-order valence-electron chi connectivity index (χ3n) is 5.29. The van der Waals surface area contributed by atoms with Crippen LogP contribution < -0.4 is 19.5 Å². The van der Waals surface area contributed by atoms with Crippen molar-refractivity contribution in [1.82, 2.24) is 4.98 Å². The monoisotopic (exact) mass is 517 g/mol. The van der Waals surface area contributed by atoms with E-state index in [0.717, 1.165) is 21.8 Å². The third-order valence-corrected chi connectivity index (χ3v) is 7.17. The zero-order valence-electron chi connectivity index (χ0n) is 19.9. The first-order valence-corrected chi connectivity index (χ1v) is 12.7. The Labute approximate surface area is 217 Å². The molecule has 2 aromatic carbocycles. The molecule has 4 rings (SSSR count). The second-order valence-electron chi connectivity index (χ2n) is 7.46. The lowest BCUT2D eigenvalue weighted by molar-refractivity contribution is -0.113. The van der Waals surface area contributed by atoms with Gasteiger partial charge in [-0.1, -0.05) is 17.8 Å². The molecule has 2 aromatic heterocycles. The largest absolute Gasteiger partial charge is 0.497 e. The zero-order valence-corrected chi connectivity index (χ0v) is 21.5. The highest BCUT2D eigenvalue weighted by Crippen LogP contribution is 2.37. The van der Waals surface area contributed by atoms with E-state index in [0.29, 0.717) is 33.5 Å². The molecule has 182 valence electrons. The lowest BCUT2D eigenvalue weighted by atomic mass is 10.0. The lowest BCUT2D eigenvalue weighted by Crippen LogP contribution is -2.15. The van der Waals surface area contributed by atoms with Gasteiger partial charge in [0, 0.05) is 22.1 Å². The standard InChI is InChI=1S/C27H23N3O4S2/c1-32-18-8-6-17(7-9-18)22-14-20(25-5-4-12-35-25)21(15-28)27(30-22)36-16-26(31)29-23-13-19(33-2)10-11-24(23)34-3/h4-14H,16H2,1-3H3,(H,29,31). The molecule has 2 heterocycles. The van der Waals surface area contributed by atoms with E-state index in [1.165, 1.54) is 18.9 Å². The van der Waals surface area contributed by atoms with Gasteiger partial charge in [-0.2, -0.15) is 5.26 Å². The van der Waals surface area contributed by atoms with Crippen LogP contribution >= 0.6 is 23.1 Å². The molecule has 0 aliphatic carbocycles. The Morgan fingerprint density at radius 2 is 1.78 bits per heavy atom. The number of hydrogen-bond donors (Lipinski definition) is 1. The van der Waals surface area contributed by atoms with Gasteiger partial charge < -0.3 is 19.5 Å². The molecule has 0 radical (unpaired) electrons. The van der Waals surface area contributed by atoms with E-state index in [1.807, 2.05) is 47.8 Å². The van der Waals surface area contributed by atoms with Crippen LogP contribution in [0.1, 0.15) is 5.56 Å².